The molecule has 0 fully saturated rings. The predicted molar refractivity (Wildman–Crippen MR) is 217 cm³/mol. The Morgan fingerprint density at radius 2 is 1.02 bits per heavy atom. The molecular weight excluding hydrogens is 680 g/mol. The van der Waals surface area contributed by atoms with Gasteiger partial charge in [-0.2, -0.15) is 0 Å². The Labute approximate surface area is 327 Å². The van der Waals surface area contributed by atoms with E-state index in [2.05, 4.69) is 76.2 Å². The number of hydrogen-bond donors (Lipinski definition) is 1. The largest absolute Gasteiger partial charge is 0.508 e. The van der Waals surface area contributed by atoms with Crippen LogP contribution in [0.2, 0.25) is 0 Å². The summed E-state index contributed by atoms with van der Waals surface area (Å²) in [7, 11) is 0. The summed E-state index contributed by atoms with van der Waals surface area (Å²) in [5.74, 6) is 0.429. The Morgan fingerprint density at radius 3 is 1.43 bits per heavy atom. The van der Waals surface area contributed by atoms with Gasteiger partial charge >= 0.3 is 17.9 Å². The molecular formula is C46H72O8. The smallest absolute Gasteiger partial charge is 0.344 e. The maximum absolute atomic E-state index is 15.4. The molecule has 2 rings (SSSR count). The van der Waals surface area contributed by atoms with Crippen molar-refractivity contribution in [2.24, 2.45) is 33.0 Å². The lowest BCUT2D eigenvalue weighted by molar-refractivity contribution is -0.224. The van der Waals surface area contributed by atoms with Crippen molar-refractivity contribution in [3.63, 3.8) is 0 Å². The number of aromatic hydroxyl groups is 1. The first-order chi connectivity index (χ1) is 25.2. The van der Waals surface area contributed by atoms with E-state index in [0.717, 1.165) is 25.7 Å². The van der Waals surface area contributed by atoms with E-state index < -0.39 is 38.6 Å². The van der Waals surface area contributed by atoms with Crippen LogP contribution in [0.3, 0.4) is 0 Å². The van der Waals surface area contributed by atoms with Gasteiger partial charge in [-0.25, -0.2) is 4.79 Å². The third-order valence-corrected chi connectivity index (χ3v) is 13.7. The summed E-state index contributed by atoms with van der Waals surface area (Å²) < 4.78 is 23.8. The van der Waals surface area contributed by atoms with Crippen LogP contribution in [0.4, 0.5) is 0 Å². The van der Waals surface area contributed by atoms with Crippen LogP contribution in [-0.2, 0) is 19.1 Å². The number of carbonyl (C=O) groups is 3. The summed E-state index contributed by atoms with van der Waals surface area (Å²) in [5.41, 5.74) is -4.65. The number of benzene rings is 2. The lowest BCUT2D eigenvalue weighted by Crippen LogP contribution is -2.67. The second kappa shape index (κ2) is 18.9. The summed E-state index contributed by atoms with van der Waals surface area (Å²) in [5, 5.41) is 9.96. The molecule has 2 atom stereocenters. The molecule has 0 aliphatic carbocycles. The number of esters is 3. The molecule has 1 N–H and O–H groups in total. The van der Waals surface area contributed by atoms with Crippen LogP contribution in [0.5, 0.6) is 23.0 Å². The molecule has 2 aromatic carbocycles. The Balaban J connectivity index is 2.84. The molecule has 8 heteroatoms. The van der Waals surface area contributed by atoms with Gasteiger partial charge in [-0.3, -0.25) is 9.59 Å². The van der Waals surface area contributed by atoms with Crippen molar-refractivity contribution in [3.8, 4) is 23.0 Å². The van der Waals surface area contributed by atoms with Crippen LogP contribution in [0.25, 0.3) is 0 Å². The standard InChI is InChI=1S/C46H72O8/c1-15-33(16-2)31-43(13,39(49)52-36-25-23-34(47)24-26-36)45(19-5,20-6)46(21-7,22-8)44(14,42(12,17-3)18-4)40(50)53-37-29-27-35(28-30-37)51-32-38(48)54-41(9,10)11/h23-30,33,47H,15-22,31-32H2,1-14H3. The first-order valence-corrected chi connectivity index (χ1v) is 20.4. The molecule has 304 valence electrons. The quantitative estimate of drug-likeness (QED) is 0.0991. The minimum Gasteiger partial charge on any atom is -0.508 e. The van der Waals surface area contributed by atoms with Crippen LogP contribution < -0.4 is 14.2 Å². The van der Waals surface area contributed by atoms with E-state index in [0.29, 0.717) is 49.4 Å². The van der Waals surface area contributed by atoms with E-state index in [4.69, 9.17) is 18.9 Å². The van der Waals surface area contributed by atoms with Crippen molar-refractivity contribution in [3.05, 3.63) is 48.5 Å². The number of phenols is 1. The fourth-order valence-corrected chi connectivity index (χ4v) is 10.0. The van der Waals surface area contributed by atoms with Crippen LogP contribution in [-0.4, -0.2) is 35.2 Å². The van der Waals surface area contributed by atoms with Crippen molar-refractivity contribution in [1.82, 2.24) is 0 Å². The average molecular weight is 753 g/mol. The number of carbonyl (C=O) groups excluding carboxylic acids is 3. The second-order valence-corrected chi connectivity index (χ2v) is 16.8. The van der Waals surface area contributed by atoms with Gasteiger partial charge in [-0.05, 0) is 150 Å². The summed E-state index contributed by atoms with van der Waals surface area (Å²) in [6, 6.07) is 13.0. The van der Waals surface area contributed by atoms with Gasteiger partial charge in [-0.15, -0.1) is 0 Å². The molecule has 0 heterocycles. The molecule has 2 aromatic rings. The molecule has 0 spiro atoms. The van der Waals surface area contributed by atoms with Crippen LogP contribution in [0.1, 0.15) is 155 Å². The zero-order valence-electron chi connectivity index (χ0n) is 36.1. The van der Waals surface area contributed by atoms with E-state index in [1.807, 2.05) is 0 Å². The van der Waals surface area contributed by atoms with Gasteiger partial charge in [0.2, 0.25) is 0 Å². The third kappa shape index (κ3) is 9.11. The Morgan fingerprint density at radius 1 is 0.593 bits per heavy atom. The normalized spacial score (nSPS) is 14.9. The van der Waals surface area contributed by atoms with E-state index in [1.165, 1.54) is 12.1 Å². The molecule has 0 radical (unpaired) electrons. The molecule has 0 saturated carbocycles. The monoisotopic (exact) mass is 753 g/mol. The Bertz CT molecular complexity index is 1490. The molecule has 0 amide bonds. The fourth-order valence-electron chi connectivity index (χ4n) is 10.0. The van der Waals surface area contributed by atoms with Crippen molar-refractivity contribution in [2.75, 3.05) is 6.61 Å². The summed E-state index contributed by atoms with van der Waals surface area (Å²) in [6.45, 7) is 28.8. The molecule has 0 aliphatic heterocycles. The highest BCUT2D eigenvalue weighted by Crippen LogP contribution is 2.72. The van der Waals surface area contributed by atoms with Gasteiger partial charge in [0.25, 0.3) is 0 Å². The highest BCUT2D eigenvalue weighted by molar-refractivity contribution is 5.83. The van der Waals surface area contributed by atoms with E-state index in [-0.39, 0.29) is 30.2 Å². The molecule has 0 aromatic heterocycles. The molecule has 8 nitrogen and oxygen atoms in total. The molecule has 0 saturated heterocycles. The van der Waals surface area contributed by atoms with Gasteiger partial charge in [0.15, 0.2) is 6.61 Å². The third-order valence-electron chi connectivity index (χ3n) is 13.7. The van der Waals surface area contributed by atoms with Gasteiger partial charge in [-0.1, -0.05) is 75.2 Å². The topological polar surface area (TPSA) is 108 Å². The minimum atomic E-state index is -1.07. The lowest BCUT2D eigenvalue weighted by atomic mass is 9.35. The average Bonchev–Trinajstić information content (AvgIpc) is 3.15. The van der Waals surface area contributed by atoms with Crippen LogP contribution in [0, 0.1) is 33.0 Å². The summed E-state index contributed by atoms with van der Waals surface area (Å²) >= 11 is 0. The van der Waals surface area contributed by atoms with E-state index >= 15 is 9.59 Å². The summed E-state index contributed by atoms with van der Waals surface area (Å²) in [4.78, 5) is 42.7. The molecule has 2 unspecified atom stereocenters. The lowest BCUT2D eigenvalue weighted by Gasteiger charge is -2.67. The number of hydrogen-bond acceptors (Lipinski definition) is 8. The minimum absolute atomic E-state index is 0.0951. The SMILES string of the molecule is CCC(CC)CC(C)(C(=O)Oc1ccc(O)cc1)C(CC)(CC)C(CC)(CC)C(C)(C(=O)Oc1ccc(OCC(=O)OC(C)(C)C)cc1)C(C)(CC)CC. The maximum atomic E-state index is 15.4. The predicted octanol–water partition coefficient (Wildman–Crippen LogP) is 11.9. The van der Waals surface area contributed by atoms with Crippen molar-refractivity contribution < 1.29 is 38.4 Å². The van der Waals surface area contributed by atoms with E-state index in [1.54, 1.807) is 57.2 Å². The maximum Gasteiger partial charge on any atom is 0.344 e. The first kappa shape index (κ1) is 46.6. The second-order valence-electron chi connectivity index (χ2n) is 16.8. The van der Waals surface area contributed by atoms with Crippen molar-refractivity contribution in [1.29, 1.82) is 0 Å². The number of ether oxygens (including phenoxy) is 4. The zero-order valence-corrected chi connectivity index (χ0v) is 36.1. The highest BCUT2D eigenvalue weighted by atomic mass is 16.6. The summed E-state index contributed by atoms with van der Waals surface area (Å²) in [6.07, 6.45) is 6.41. The fraction of sp³-hybridized carbons (Fsp3) is 0.674. The molecule has 0 aliphatic rings. The van der Waals surface area contributed by atoms with Gasteiger partial charge in [0, 0.05) is 0 Å². The Hall–Kier alpha value is -3.55. The number of rotatable bonds is 21. The van der Waals surface area contributed by atoms with Gasteiger partial charge < -0.3 is 24.1 Å². The molecule has 54 heavy (non-hydrogen) atoms. The first-order valence-electron chi connectivity index (χ1n) is 20.4. The van der Waals surface area contributed by atoms with Crippen molar-refractivity contribution >= 4 is 17.9 Å². The molecule has 0 bridgehead atoms. The van der Waals surface area contributed by atoms with E-state index in [9.17, 15) is 9.90 Å². The van der Waals surface area contributed by atoms with Crippen LogP contribution >= 0.6 is 0 Å². The van der Waals surface area contributed by atoms with Gasteiger partial charge in [0.05, 0.1) is 10.8 Å². The van der Waals surface area contributed by atoms with Gasteiger partial charge in [0.1, 0.15) is 28.6 Å². The highest BCUT2D eigenvalue weighted by Gasteiger charge is 2.72. The zero-order chi connectivity index (χ0) is 41.2. The van der Waals surface area contributed by atoms with Crippen molar-refractivity contribution in [2.45, 2.75) is 160 Å². The number of phenolic OH excluding ortho intramolecular Hbond substituents is 1. The van der Waals surface area contributed by atoms with Crippen LogP contribution in [0.15, 0.2) is 48.5 Å². The Kier molecular flexibility index (Phi) is 16.3.